The van der Waals surface area contributed by atoms with Crippen molar-refractivity contribution >= 4 is 28.4 Å². The summed E-state index contributed by atoms with van der Waals surface area (Å²) in [7, 11) is 0. The molecule has 1 heterocycles. The standard InChI is InChI=1S/C6H3F2IN2O2/c7-5(8)3-1-4(9)6(10-2-3)11(12)13/h1-2,5H. The predicted octanol–water partition coefficient (Wildman–Crippen LogP) is 2.53. The highest BCUT2D eigenvalue weighted by Crippen LogP contribution is 2.24. The maximum atomic E-state index is 12.1. The molecule has 0 unspecified atom stereocenters. The fourth-order valence-electron chi connectivity index (χ4n) is 0.699. The molecule has 0 aromatic carbocycles. The summed E-state index contributed by atoms with van der Waals surface area (Å²) in [6.45, 7) is 0. The van der Waals surface area contributed by atoms with E-state index in [0.29, 0.717) is 0 Å². The highest BCUT2D eigenvalue weighted by atomic mass is 127. The van der Waals surface area contributed by atoms with Crippen LogP contribution in [0.3, 0.4) is 0 Å². The van der Waals surface area contributed by atoms with Crippen LogP contribution in [0.4, 0.5) is 14.6 Å². The zero-order valence-corrected chi connectivity index (χ0v) is 8.23. The van der Waals surface area contributed by atoms with E-state index >= 15 is 0 Å². The van der Waals surface area contributed by atoms with Crippen LogP contribution in [-0.4, -0.2) is 9.91 Å². The minimum Gasteiger partial charge on any atom is -0.358 e. The molecule has 0 bridgehead atoms. The van der Waals surface area contributed by atoms with Crippen molar-refractivity contribution in [3.05, 3.63) is 31.5 Å². The topological polar surface area (TPSA) is 56.0 Å². The van der Waals surface area contributed by atoms with Gasteiger partial charge in [-0.3, -0.25) is 0 Å². The fourth-order valence-corrected chi connectivity index (χ4v) is 1.39. The van der Waals surface area contributed by atoms with Gasteiger partial charge in [0.25, 0.3) is 6.43 Å². The highest BCUT2D eigenvalue weighted by Gasteiger charge is 2.17. The average molecular weight is 300 g/mol. The van der Waals surface area contributed by atoms with Gasteiger partial charge in [-0.15, -0.1) is 0 Å². The normalized spacial score (nSPS) is 10.5. The quantitative estimate of drug-likeness (QED) is 0.479. The second-order valence-corrected chi connectivity index (χ2v) is 3.29. The number of nitro groups is 1. The predicted molar refractivity (Wildman–Crippen MR) is 48.6 cm³/mol. The number of aromatic nitrogens is 1. The smallest absolute Gasteiger partial charge is 0.358 e. The molecule has 1 aromatic rings. The van der Waals surface area contributed by atoms with Crippen molar-refractivity contribution in [1.29, 1.82) is 0 Å². The van der Waals surface area contributed by atoms with Gasteiger partial charge in [-0.25, -0.2) is 8.78 Å². The molecule has 0 saturated heterocycles. The van der Waals surface area contributed by atoms with Crippen LogP contribution >= 0.6 is 22.6 Å². The first-order valence-corrected chi connectivity index (χ1v) is 4.18. The first-order valence-electron chi connectivity index (χ1n) is 3.10. The van der Waals surface area contributed by atoms with E-state index in [1.807, 2.05) is 0 Å². The molecule has 0 aliphatic carbocycles. The summed E-state index contributed by atoms with van der Waals surface area (Å²) in [4.78, 5) is 12.9. The Kier molecular flexibility index (Phi) is 3.07. The molecule has 0 radical (unpaired) electrons. The summed E-state index contributed by atoms with van der Waals surface area (Å²) in [6.07, 6.45) is -1.84. The van der Waals surface area contributed by atoms with Crippen molar-refractivity contribution in [2.75, 3.05) is 0 Å². The second kappa shape index (κ2) is 3.90. The zero-order valence-electron chi connectivity index (χ0n) is 6.08. The Balaban J connectivity index is 3.13. The molecule has 1 rings (SSSR count). The number of rotatable bonds is 2. The molecule has 13 heavy (non-hydrogen) atoms. The highest BCUT2D eigenvalue weighted by molar-refractivity contribution is 14.1. The van der Waals surface area contributed by atoms with Gasteiger partial charge in [0.05, 0.1) is 5.56 Å². The monoisotopic (exact) mass is 300 g/mol. The Bertz CT molecular complexity index is 345. The lowest BCUT2D eigenvalue weighted by Gasteiger charge is -1.98. The molecule has 0 aliphatic rings. The number of halogens is 3. The van der Waals surface area contributed by atoms with Crippen LogP contribution in [-0.2, 0) is 0 Å². The molecule has 1 aromatic heterocycles. The third-order valence-electron chi connectivity index (χ3n) is 1.27. The molecule has 0 saturated carbocycles. The van der Waals surface area contributed by atoms with E-state index in [0.717, 1.165) is 12.3 Å². The summed E-state index contributed by atoms with van der Waals surface area (Å²) < 4.78 is 24.2. The van der Waals surface area contributed by atoms with E-state index in [-0.39, 0.29) is 9.13 Å². The molecule has 0 fully saturated rings. The Morgan fingerprint density at radius 3 is 2.62 bits per heavy atom. The molecule has 4 nitrogen and oxygen atoms in total. The van der Waals surface area contributed by atoms with E-state index < -0.39 is 17.2 Å². The largest absolute Gasteiger partial charge is 0.376 e. The molecular weight excluding hydrogens is 297 g/mol. The summed E-state index contributed by atoms with van der Waals surface area (Å²) in [6, 6.07) is 1.05. The third kappa shape index (κ3) is 2.29. The third-order valence-corrected chi connectivity index (χ3v) is 2.06. The van der Waals surface area contributed by atoms with Crippen molar-refractivity contribution < 1.29 is 13.7 Å². The first-order chi connectivity index (χ1) is 6.02. The zero-order chi connectivity index (χ0) is 10.0. The lowest BCUT2D eigenvalue weighted by Crippen LogP contribution is -1.97. The molecule has 0 aliphatic heterocycles. The number of alkyl halides is 2. The number of hydrogen-bond acceptors (Lipinski definition) is 3. The van der Waals surface area contributed by atoms with Crippen molar-refractivity contribution in [3.63, 3.8) is 0 Å². The Hall–Kier alpha value is -0.860. The summed E-state index contributed by atoms with van der Waals surface area (Å²) in [5, 5.41) is 10.3. The lowest BCUT2D eigenvalue weighted by atomic mass is 10.3. The van der Waals surface area contributed by atoms with Crippen LogP contribution in [0.5, 0.6) is 0 Å². The van der Waals surface area contributed by atoms with E-state index in [1.165, 1.54) is 0 Å². The van der Waals surface area contributed by atoms with Crippen molar-refractivity contribution in [1.82, 2.24) is 4.98 Å². The van der Waals surface area contributed by atoms with Crippen molar-refractivity contribution in [2.45, 2.75) is 6.43 Å². The Morgan fingerprint density at radius 2 is 2.23 bits per heavy atom. The van der Waals surface area contributed by atoms with Gasteiger partial charge in [0.1, 0.15) is 9.77 Å². The fraction of sp³-hybridized carbons (Fsp3) is 0.167. The average Bonchev–Trinajstić information content (AvgIpc) is 2.03. The van der Waals surface area contributed by atoms with Gasteiger partial charge in [0.15, 0.2) is 0 Å². The van der Waals surface area contributed by atoms with Gasteiger partial charge in [-0.05, 0) is 38.6 Å². The van der Waals surface area contributed by atoms with Gasteiger partial charge in [-0.2, -0.15) is 0 Å². The van der Waals surface area contributed by atoms with Crippen LogP contribution < -0.4 is 0 Å². The van der Waals surface area contributed by atoms with Crippen molar-refractivity contribution in [3.8, 4) is 0 Å². The van der Waals surface area contributed by atoms with Crippen LogP contribution in [0.25, 0.3) is 0 Å². The number of hydrogen-bond donors (Lipinski definition) is 0. The molecule has 0 N–H and O–H groups in total. The maximum Gasteiger partial charge on any atom is 0.376 e. The molecule has 0 atom stereocenters. The molecule has 70 valence electrons. The first kappa shape index (κ1) is 10.2. The summed E-state index contributed by atoms with van der Waals surface area (Å²) >= 11 is 1.60. The van der Waals surface area contributed by atoms with E-state index in [1.54, 1.807) is 22.6 Å². The summed E-state index contributed by atoms with van der Waals surface area (Å²) in [5.74, 6) is -0.398. The van der Waals surface area contributed by atoms with Gasteiger partial charge >= 0.3 is 5.82 Å². The molecule has 0 amide bonds. The van der Waals surface area contributed by atoms with Crippen LogP contribution in [0, 0.1) is 13.7 Å². The van der Waals surface area contributed by atoms with Crippen LogP contribution in [0.1, 0.15) is 12.0 Å². The minimum atomic E-state index is -2.65. The molecular formula is C6H3F2IN2O2. The SMILES string of the molecule is O=[N+]([O-])c1ncc(C(F)F)cc1I. The number of nitrogens with zero attached hydrogens (tertiary/aromatic N) is 2. The van der Waals surface area contributed by atoms with Gasteiger partial charge in [0, 0.05) is 0 Å². The minimum absolute atomic E-state index is 0.111. The number of pyridine rings is 1. The van der Waals surface area contributed by atoms with Crippen LogP contribution in [0.15, 0.2) is 12.3 Å². The van der Waals surface area contributed by atoms with Gasteiger partial charge in [0.2, 0.25) is 0 Å². The molecule has 7 heteroatoms. The van der Waals surface area contributed by atoms with Crippen LogP contribution in [0.2, 0.25) is 0 Å². The summed E-state index contributed by atoms with van der Waals surface area (Å²) in [5.41, 5.74) is -0.310. The van der Waals surface area contributed by atoms with Crippen molar-refractivity contribution in [2.24, 2.45) is 0 Å². The molecule has 0 spiro atoms. The van der Waals surface area contributed by atoms with Gasteiger partial charge in [-0.1, -0.05) is 0 Å². The Labute approximate surface area is 85.3 Å². The Morgan fingerprint density at radius 1 is 1.62 bits per heavy atom. The van der Waals surface area contributed by atoms with E-state index in [2.05, 4.69) is 4.98 Å². The maximum absolute atomic E-state index is 12.1. The van der Waals surface area contributed by atoms with E-state index in [9.17, 15) is 18.9 Å². The second-order valence-electron chi connectivity index (χ2n) is 2.13. The van der Waals surface area contributed by atoms with Gasteiger partial charge < -0.3 is 10.1 Å². The lowest BCUT2D eigenvalue weighted by molar-refractivity contribution is -0.390. The van der Waals surface area contributed by atoms with E-state index in [4.69, 9.17) is 0 Å².